The third-order valence-electron chi connectivity index (χ3n) is 4.66. The van der Waals surface area contributed by atoms with Crippen LogP contribution in [0.5, 0.6) is 0 Å². The van der Waals surface area contributed by atoms with E-state index in [4.69, 9.17) is 0 Å². The lowest BCUT2D eigenvalue weighted by atomic mass is 9.97. The van der Waals surface area contributed by atoms with Crippen LogP contribution >= 0.6 is 0 Å². The third-order valence-corrected chi connectivity index (χ3v) is 4.66. The minimum atomic E-state index is -0.178. The highest BCUT2D eigenvalue weighted by Gasteiger charge is 2.41. The average Bonchev–Trinajstić information content (AvgIpc) is 2.87. The molecule has 2 aliphatic heterocycles. The van der Waals surface area contributed by atoms with Gasteiger partial charge in [0.2, 0.25) is 0 Å². The second-order valence-corrected chi connectivity index (χ2v) is 5.62. The third kappa shape index (κ3) is 1.56. The summed E-state index contributed by atoms with van der Waals surface area (Å²) >= 11 is 0. The standard InChI is InChI=1S/C15H17FN2O/c16-9-1-3-12-11(7-9)15-13(17-12)8-10-2-4-14(15)18(10)5-6-19/h1,3,7,10,14,17,19H,2,4-6,8H2. The number of nitrogens with zero attached hydrogens (tertiary/aromatic N) is 1. The van der Waals surface area contributed by atoms with Crippen molar-refractivity contribution in [2.45, 2.75) is 31.3 Å². The number of rotatable bonds is 2. The van der Waals surface area contributed by atoms with Gasteiger partial charge in [0.25, 0.3) is 0 Å². The van der Waals surface area contributed by atoms with E-state index in [1.807, 2.05) is 6.07 Å². The van der Waals surface area contributed by atoms with Crippen LogP contribution in [-0.2, 0) is 6.42 Å². The van der Waals surface area contributed by atoms with E-state index in [0.29, 0.717) is 12.1 Å². The smallest absolute Gasteiger partial charge is 0.123 e. The van der Waals surface area contributed by atoms with E-state index in [1.165, 1.54) is 23.7 Å². The molecule has 1 aromatic heterocycles. The molecule has 0 saturated carbocycles. The number of aliphatic hydroxyl groups is 1. The Labute approximate surface area is 111 Å². The number of benzene rings is 1. The van der Waals surface area contributed by atoms with Crippen molar-refractivity contribution in [2.75, 3.05) is 13.2 Å². The van der Waals surface area contributed by atoms with Gasteiger partial charge in [-0.15, -0.1) is 0 Å². The Morgan fingerprint density at radius 1 is 1.37 bits per heavy atom. The van der Waals surface area contributed by atoms with Gasteiger partial charge in [0.1, 0.15) is 5.82 Å². The number of halogens is 1. The number of aliphatic hydroxyl groups excluding tert-OH is 1. The Kier molecular flexibility index (Phi) is 2.44. The van der Waals surface area contributed by atoms with E-state index in [0.717, 1.165) is 30.3 Å². The second kappa shape index (κ2) is 4.05. The first kappa shape index (κ1) is 11.4. The van der Waals surface area contributed by atoms with E-state index in [1.54, 1.807) is 6.07 Å². The lowest BCUT2D eigenvalue weighted by Crippen LogP contribution is -2.39. The van der Waals surface area contributed by atoms with Gasteiger partial charge in [-0.2, -0.15) is 0 Å². The molecule has 2 atom stereocenters. The van der Waals surface area contributed by atoms with Gasteiger partial charge in [-0.3, -0.25) is 4.90 Å². The van der Waals surface area contributed by atoms with Crippen LogP contribution in [0.15, 0.2) is 18.2 Å². The highest BCUT2D eigenvalue weighted by Crippen LogP contribution is 2.46. The highest BCUT2D eigenvalue weighted by molar-refractivity contribution is 5.85. The van der Waals surface area contributed by atoms with Gasteiger partial charge in [0.05, 0.1) is 6.61 Å². The molecule has 2 aliphatic rings. The van der Waals surface area contributed by atoms with Crippen LogP contribution in [0.2, 0.25) is 0 Å². The number of fused-ring (bicyclic) bond motifs is 6. The Morgan fingerprint density at radius 2 is 2.26 bits per heavy atom. The maximum absolute atomic E-state index is 13.5. The van der Waals surface area contributed by atoms with E-state index in [9.17, 15) is 9.50 Å². The molecule has 3 nitrogen and oxygen atoms in total. The van der Waals surface area contributed by atoms with Crippen LogP contribution in [0.1, 0.15) is 30.1 Å². The molecule has 1 saturated heterocycles. The lowest BCUT2D eigenvalue weighted by molar-refractivity contribution is 0.136. The van der Waals surface area contributed by atoms with Crippen LogP contribution in [-0.4, -0.2) is 34.2 Å². The molecular weight excluding hydrogens is 243 g/mol. The van der Waals surface area contributed by atoms with Crippen molar-refractivity contribution < 1.29 is 9.50 Å². The zero-order valence-corrected chi connectivity index (χ0v) is 10.7. The van der Waals surface area contributed by atoms with Crippen molar-refractivity contribution in [2.24, 2.45) is 0 Å². The van der Waals surface area contributed by atoms with E-state index in [2.05, 4.69) is 9.88 Å². The quantitative estimate of drug-likeness (QED) is 0.870. The van der Waals surface area contributed by atoms with Crippen LogP contribution in [0.4, 0.5) is 4.39 Å². The topological polar surface area (TPSA) is 39.3 Å². The minimum absolute atomic E-state index is 0.178. The van der Waals surface area contributed by atoms with Crippen LogP contribution in [0, 0.1) is 5.82 Å². The van der Waals surface area contributed by atoms with Crippen LogP contribution < -0.4 is 0 Å². The molecule has 0 amide bonds. The monoisotopic (exact) mass is 260 g/mol. The maximum atomic E-state index is 13.5. The minimum Gasteiger partial charge on any atom is -0.395 e. The highest BCUT2D eigenvalue weighted by atomic mass is 19.1. The van der Waals surface area contributed by atoms with Crippen molar-refractivity contribution in [1.82, 2.24) is 9.88 Å². The van der Waals surface area contributed by atoms with E-state index < -0.39 is 0 Å². The number of H-pyrrole nitrogens is 1. The van der Waals surface area contributed by atoms with Crippen molar-refractivity contribution in [3.05, 3.63) is 35.3 Å². The molecule has 0 spiro atoms. The Bertz CT molecular complexity index is 636. The first-order valence-electron chi connectivity index (χ1n) is 6.94. The summed E-state index contributed by atoms with van der Waals surface area (Å²) in [5, 5.41) is 10.2. The molecule has 2 unspecified atom stereocenters. The molecule has 0 radical (unpaired) electrons. The number of nitrogens with one attached hydrogen (secondary N) is 1. The second-order valence-electron chi connectivity index (χ2n) is 5.62. The summed E-state index contributed by atoms with van der Waals surface area (Å²) in [6.07, 6.45) is 3.27. The number of hydrogen-bond acceptors (Lipinski definition) is 2. The Balaban J connectivity index is 1.89. The SMILES string of the molecule is OCCN1C2CCC1c1c([nH]c3ccc(F)cc13)C2. The fourth-order valence-corrected chi connectivity index (χ4v) is 3.94. The molecule has 100 valence electrons. The predicted molar refractivity (Wildman–Crippen MR) is 71.5 cm³/mol. The fraction of sp³-hybridized carbons (Fsp3) is 0.467. The Hall–Kier alpha value is -1.39. The van der Waals surface area contributed by atoms with Gasteiger partial charge < -0.3 is 10.1 Å². The normalized spacial score (nSPS) is 26.0. The van der Waals surface area contributed by atoms with Gasteiger partial charge in [0, 0.05) is 41.6 Å². The molecular formula is C15H17FN2O. The largest absolute Gasteiger partial charge is 0.395 e. The first-order chi connectivity index (χ1) is 9.28. The van der Waals surface area contributed by atoms with Gasteiger partial charge >= 0.3 is 0 Å². The summed E-state index contributed by atoms with van der Waals surface area (Å²) < 4.78 is 13.5. The maximum Gasteiger partial charge on any atom is 0.123 e. The van der Waals surface area contributed by atoms with E-state index >= 15 is 0 Å². The molecule has 2 N–H and O–H groups in total. The summed E-state index contributed by atoms with van der Waals surface area (Å²) in [6.45, 7) is 0.913. The molecule has 0 aliphatic carbocycles. The summed E-state index contributed by atoms with van der Waals surface area (Å²) in [4.78, 5) is 5.84. The van der Waals surface area contributed by atoms with Gasteiger partial charge in [-0.1, -0.05) is 0 Å². The lowest BCUT2D eigenvalue weighted by Gasteiger charge is -2.34. The molecule has 1 fully saturated rings. The zero-order valence-electron chi connectivity index (χ0n) is 10.7. The zero-order chi connectivity index (χ0) is 13.0. The first-order valence-corrected chi connectivity index (χ1v) is 6.94. The molecule has 4 heteroatoms. The summed E-state index contributed by atoms with van der Waals surface area (Å²) in [6, 6.07) is 5.85. The molecule has 1 aromatic carbocycles. The van der Waals surface area contributed by atoms with Gasteiger partial charge in [-0.25, -0.2) is 4.39 Å². The molecule has 3 heterocycles. The number of aromatic amines is 1. The molecule has 2 bridgehead atoms. The number of aromatic nitrogens is 1. The average molecular weight is 260 g/mol. The summed E-state index contributed by atoms with van der Waals surface area (Å²) in [7, 11) is 0. The molecule has 2 aromatic rings. The molecule has 19 heavy (non-hydrogen) atoms. The number of hydrogen-bond donors (Lipinski definition) is 2. The van der Waals surface area contributed by atoms with E-state index in [-0.39, 0.29) is 12.4 Å². The van der Waals surface area contributed by atoms with Crippen molar-refractivity contribution in [1.29, 1.82) is 0 Å². The van der Waals surface area contributed by atoms with Crippen molar-refractivity contribution >= 4 is 10.9 Å². The summed E-state index contributed by atoms with van der Waals surface area (Å²) in [5.41, 5.74) is 3.56. The molecule has 4 rings (SSSR count). The Morgan fingerprint density at radius 3 is 3.11 bits per heavy atom. The van der Waals surface area contributed by atoms with Crippen molar-refractivity contribution in [3.63, 3.8) is 0 Å². The van der Waals surface area contributed by atoms with Gasteiger partial charge in [-0.05, 0) is 36.6 Å². The van der Waals surface area contributed by atoms with Gasteiger partial charge in [0.15, 0.2) is 0 Å². The summed E-state index contributed by atoms with van der Waals surface area (Å²) in [5.74, 6) is -0.178. The van der Waals surface area contributed by atoms with Crippen molar-refractivity contribution in [3.8, 4) is 0 Å². The van der Waals surface area contributed by atoms with Crippen LogP contribution in [0.3, 0.4) is 0 Å². The van der Waals surface area contributed by atoms with Crippen LogP contribution in [0.25, 0.3) is 10.9 Å². The predicted octanol–water partition coefficient (Wildman–Crippen LogP) is 2.36. The fourth-order valence-electron chi connectivity index (χ4n) is 3.94.